The first-order valence-corrected chi connectivity index (χ1v) is 10.8. The standard InChI is InChI=1S/C23H26ClN5O3/c1-32-20-10-13-27-23(28-20)26-12-4-2-3-11-25-21(30)19-9-6-14-29(22(19)31)16-17-7-5-8-18(24)15-17/h5-10,13-15H,2-4,11-12,16H2,1H3,(H,25,30)(H,26,27,28). The number of carbonyl (C=O) groups excluding carboxylic acids is 1. The minimum Gasteiger partial charge on any atom is -0.481 e. The number of pyridine rings is 1. The van der Waals surface area contributed by atoms with Crippen molar-refractivity contribution in [1.82, 2.24) is 19.9 Å². The monoisotopic (exact) mass is 455 g/mol. The molecule has 0 aliphatic rings. The van der Waals surface area contributed by atoms with Crippen LogP contribution in [-0.2, 0) is 6.54 Å². The molecule has 0 fully saturated rings. The number of nitrogens with zero attached hydrogens (tertiary/aromatic N) is 3. The van der Waals surface area contributed by atoms with Crippen LogP contribution in [0.15, 0.2) is 59.7 Å². The van der Waals surface area contributed by atoms with Crippen molar-refractivity contribution in [3.63, 3.8) is 0 Å². The van der Waals surface area contributed by atoms with Gasteiger partial charge in [-0.3, -0.25) is 9.59 Å². The minimum atomic E-state index is -0.363. The first-order chi connectivity index (χ1) is 15.6. The number of halogens is 1. The zero-order valence-corrected chi connectivity index (χ0v) is 18.6. The van der Waals surface area contributed by atoms with Gasteiger partial charge in [0.1, 0.15) is 5.56 Å². The summed E-state index contributed by atoms with van der Waals surface area (Å²) in [4.78, 5) is 33.5. The molecule has 1 amide bonds. The van der Waals surface area contributed by atoms with E-state index in [1.165, 1.54) is 4.57 Å². The quantitative estimate of drug-likeness (QED) is 0.430. The Labute approximate surface area is 191 Å². The molecule has 0 aliphatic heterocycles. The molecule has 0 aliphatic carbocycles. The summed E-state index contributed by atoms with van der Waals surface area (Å²) in [7, 11) is 1.56. The van der Waals surface area contributed by atoms with Gasteiger partial charge in [0.05, 0.1) is 13.7 Å². The van der Waals surface area contributed by atoms with Crippen molar-refractivity contribution in [2.75, 3.05) is 25.5 Å². The number of carbonyl (C=O) groups is 1. The van der Waals surface area contributed by atoms with E-state index in [9.17, 15) is 9.59 Å². The number of anilines is 1. The molecule has 2 heterocycles. The molecule has 9 heteroatoms. The van der Waals surface area contributed by atoms with Gasteiger partial charge in [-0.25, -0.2) is 4.98 Å². The Hall–Kier alpha value is -3.39. The summed E-state index contributed by atoms with van der Waals surface area (Å²) in [5.74, 6) is 0.673. The van der Waals surface area contributed by atoms with Gasteiger partial charge in [-0.15, -0.1) is 0 Å². The summed E-state index contributed by atoms with van der Waals surface area (Å²) in [5.41, 5.74) is 0.698. The fourth-order valence-electron chi connectivity index (χ4n) is 3.13. The highest BCUT2D eigenvalue weighted by atomic mass is 35.5. The van der Waals surface area contributed by atoms with E-state index >= 15 is 0 Å². The third-order valence-corrected chi connectivity index (χ3v) is 5.00. The highest BCUT2D eigenvalue weighted by molar-refractivity contribution is 6.30. The largest absolute Gasteiger partial charge is 0.481 e. The van der Waals surface area contributed by atoms with Gasteiger partial charge >= 0.3 is 0 Å². The molecule has 0 atom stereocenters. The summed E-state index contributed by atoms with van der Waals surface area (Å²) < 4.78 is 6.57. The van der Waals surface area contributed by atoms with Crippen LogP contribution in [0.3, 0.4) is 0 Å². The summed E-state index contributed by atoms with van der Waals surface area (Å²) in [6.45, 7) is 1.57. The molecule has 2 N–H and O–H groups in total. The molecule has 3 rings (SSSR count). The zero-order chi connectivity index (χ0) is 22.8. The topological polar surface area (TPSA) is 98.1 Å². The van der Waals surface area contributed by atoms with E-state index < -0.39 is 0 Å². The van der Waals surface area contributed by atoms with Crippen LogP contribution in [-0.4, -0.2) is 40.6 Å². The second-order valence-electron chi connectivity index (χ2n) is 7.15. The Kier molecular flexibility index (Phi) is 8.62. The lowest BCUT2D eigenvalue weighted by atomic mass is 10.2. The second-order valence-corrected chi connectivity index (χ2v) is 7.59. The maximum Gasteiger partial charge on any atom is 0.263 e. The second kappa shape index (κ2) is 11.9. The fourth-order valence-corrected chi connectivity index (χ4v) is 3.34. The Morgan fingerprint density at radius 2 is 1.97 bits per heavy atom. The number of benzene rings is 1. The third kappa shape index (κ3) is 6.81. The van der Waals surface area contributed by atoms with E-state index in [1.807, 2.05) is 12.1 Å². The van der Waals surface area contributed by atoms with E-state index in [0.717, 1.165) is 24.8 Å². The van der Waals surface area contributed by atoms with Crippen molar-refractivity contribution >= 4 is 23.5 Å². The summed E-state index contributed by atoms with van der Waals surface area (Å²) in [6.07, 6.45) is 5.91. The van der Waals surface area contributed by atoms with Crippen molar-refractivity contribution in [2.45, 2.75) is 25.8 Å². The minimum absolute atomic E-state index is 0.131. The van der Waals surface area contributed by atoms with Crippen LogP contribution >= 0.6 is 11.6 Å². The SMILES string of the molecule is COc1ccnc(NCCCCCNC(=O)c2cccn(Cc3cccc(Cl)c3)c2=O)n1. The van der Waals surface area contributed by atoms with E-state index in [2.05, 4.69) is 20.6 Å². The van der Waals surface area contributed by atoms with E-state index in [4.69, 9.17) is 16.3 Å². The lowest BCUT2D eigenvalue weighted by Crippen LogP contribution is -2.33. The number of hydrogen-bond acceptors (Lipinski definition) is 6. The first kappa shape index (κ1) is 23.3. The molecule has 1 aromatic carbocycles. The van der Waals surface area contributed by atoms with Crippen LogP contribution in [0.4, 0.5) is 5.95 Å². The molecule has 0 spiro atoms. The first-order valence-electron chi connectivity index (χ1n) is 10.4. The molecule has 0 bridgehead atoms. The predicted molar refractivity (Wildman–Crippen MR) is 125 cm³/mol. The molecule has 0 radical (unpaired) electrons. The Morgan fingerprint density at radius 3 is 2.78 bits per heavy atom. The molecule has 3 aromatic rings. The van der Waals surface area contributed by atoms with Crippen molar-refractivity contribution in [3.8, 4) is 5.88 Å². The number of hydrogen-bond donors (Lipinski definition) is 2. The molecule has 0 saturated heterocycles. The summed E-state index contributed by atoms with van der Waals surface area (Å²) in [6, 6.07) is 12.2. The van der Waals surface area contributed by atoms with Crippen molar-refractivity contribution in [2.24, 2.45) is 0 Å². The number of methoxy groups -OCH3 is 1. The van der Waals surface area contributed by atoms with E-state index in [-0.39, 0.29) is 17.0 Å². The number of rotatable bonds is 11. The highest BCUT2D eigenvalue weighted by Crippen LogP contribution is 2.11. The predicted octanol–water partition coefficient (Wildman–Crippen LogP) is 3.36. The molecular formula is C23H26ClN5O3. The number of nitrogens with one attached hydrogen (secondary N) is 2. The number of aromatic nitrogens is 3. The zero-order valence-electron chi connectivity index (χ0n) is 17.9. The fraction of sp³-hybridized carbons (Fsp3) is 0.304. The normalized spacial score (nSPS) is 10.6. The molecule has 8 nitrogen and oxygen atoms in total. The van der Waals surface area contributed by atoms with Gasteiger partial charge in [-0.05, 0) is 49.1 Å². The van der Waals surface area contributed by atoms with Crippen LogP contribution in [0.25, 0.3) is 0 Å². The lowest BCUT2D eigenvalue weighted by Gasteiger charge is -2.09. The van der Waals surface area contributed by atoms with E-state index in [1.54, 1.807) is 49.8 Å². The van der Waals surface area contributed by atoms with Gasteiger partial charge in [0.25, 0.3) is 11.5 Å². The Morgan fingerprint density at radius 1 is 1.12 bits per heavy atom. The van der Waals surface area contributed by atoms with Gasteiger partial charge in [0.15, 0.2) is 0 Å². The third-order valence-electron chi connectivity index (χ3n) is 4.77. The molecule has 32 heavy (non-hydrogen) atoms. The maximum atomic E-state index is 12.7. The lowest BCUT2D eigenvalue weighted by molar-refractivity contribution is 0.0951. The molecule has 0 unspecified atom stereocenters. The molecule has 0 saturated carbocycles. The average molecular weight is 456 g/mol. The number of unbranched alkanes of at least 4 members (excludes halogenated alkanes) is 2. The van der Waals surface area contributed by atoms with Crippen LogP contribution in [0.5, 0.6) is 5.88 Å². The maximum absolute atomic E-state index is 12.7. The van der Waals surface area contributed by atoms with Crippen molar-refractivity contribution in [3.05, 3.63) is 81.4 Å². The Balaban J connectivity index is 1.41. The molecular weight excluding hydrogens is 430 g/mol. The van der Waals surface area contributed by atoms with Crippen LogP contribution in [0, 0.1) is 0 Å². The van der Waals surface area contributed by atoms with Gasteiger partial charge < -0.3 is 19.9 Å². The number of ether oxygens (including phenoxy) is 1. The average Bonchev–Trinajstić information content (AvgIpc) is 2.80. The van der Waals surface area contributed by atoms with Gasteiger partial charge in [-0.1, -0.05) is 23.7 Å². The molecule has 168 valence electrons. The van der Waals surface area contributed by atoms with Crippen LogP contribution < -0.4 is 20.9 Å². The van der Waals surface area contributed by atoms with Gasteiger partial charge in [-0.2, -0.15) is 4.98 Å². The van der Waals surface area contributed by atoms with Crippen molar-refractivity contribution < 1.29 is 9.53 Å². The molecule has 2 aromatic heterocycles. The van der Waals surface area contributed by atoms with Gasteiger partial charge in [0, 0.05) is 36.6 Å². The Bertz CT molecular complexity index is 1100. The highest BCUT2D eigenvalue weighted by Gasteiger charge is 2.12. The summed E-state index contributed by atoms with van der Waals surface area (Å²) in [5, 5.41) is 6.58. The smallest absolute Gasteiger partial charge is 0.263 e. The summed E-state index contributed by atoms with van der Waals surface area (Å²) >= 11 is 6.01. The van der Waals surface area contributed by atoms with Crippen LogP contribution in [0.1, 0.15) is 35.2 Å². The van der Waals surface area contributed by atoms with Crippen LogP contribution in [0.2, 0.25) is 5.02 Å². The number of amides is 1. The van der Waals surface area contributed by atoms with Gasteiger partial charge in [0.2, 0.25) is 11.8 Å². The van der Waals surface area contributed by atoms with E-state index in [0.29, 0.717) is 36.5 Å². The van der Waals surface area contributed by atoms with Crippen molar-refractivity contribution in [1.29, 1.82) is 0 Å².